The lowest BCUT2D eigenvalue weighted by Gasteiger charge is -2.41. The zero-order valence-electron chi connectivity index (χ0n) is 34.3. The van der Waals surface area contributed by atoms with Crippen molar-refractivity contribution in [2.24, 2.45) is 23.7 Å². The predicted octanol–water partition coefficient (Wildman–Crippen LogP) is 3.92. The van der Waals surface area contributed by atoms with Crippen LogP contribution in [-0.2, 0) is 35.1 Å². The molecule has 0 spiro atoms. The fraction of sp³-hybridized carbons (Fsp3) is 0.750. The summed E-state index contributed by atoms with van der Waals surface area (Å²) in [4.78, 5) is 62.6. The quantitative estimate of drug-likeness (QED) is 0.193. The number of amides is 4. The van der Waals surface area contributed by atoms with Crippen LogP contribution in [0.3, 0.4) is 0 Å². The van der Waals surface area contributed by atoms with E-state index in [0.29, 0.717) is 25.2 Å². The summed E-state index contributed by atoms with van der Waals surface area (Å²) in [7, 11) is 10.5. The van der Waals surface area contributed by atoms with Gasteiger partial charge in [0.05, 0.1) is 42.7 Å². The van der Waals surface area contributed by atoms with Crippen molar-refractivity contribution in [3.05, 3.63) is 29.8 Å². The Hall–Kier alpha value is -3.22. The van der Waals surface area contributed by atoms with Crippen molar-refractivity contribution in [1.29, 1.82) is 0 Å². The largest absolute Gasteiger partial charge is 0.399 e. The number of hydrogen-bond donors (Lipinski definition) is 2. The number of likely N-dealkylation sites (tertiary alicyclic amines) is 1. The molecule has 1 aliphatic heterocycles. The number of rotatable bonds is 20. The van der Waals surface area contributed by atoms with Crippen LogP contribution >= 0.6 is 0 Å². The molecule has 0 aliphatic carbocycles. The molecule has 1 aromatic carbocycles. The zero-order chi connectivity index (χ0) is 39.4. The molecule has 0 saturated carbocycles. The standard InChI is InChI=1S/C40H70N6O6/c1-14-27(6)36(45(11)40(50)34(25(2)3)42-38(48)35(26(4)5)43(8)9)32(51-12)24-33(47)46-21-16-19-31(46)37(52-13)28(7)39(49)44(10)22-20-29-17-15-18-30(41)23-29/h15,17-18,23,25-28,31-32,34-37H,14,16,19-22,24,41H2,1-13H3,(H,42,48)/t27?,28?,31-,32?,34?,35?,36?,37?/m0/s1. The van der Waals surface area contributed by atoms with Crippen molar-refractivity contribution >= 4 is 29.3 Å². The van der Waals surface area contributed by atoms with Crippen LogP contribution in [0.15, 0.2) is 24.3 Å². The maximum Gasteiger partial charge on any atom is 0.245 e. The van der Waals surface area contributed by atoms with Gasteiger partial charge in [0, 0.05) is 47.1 Å². The average Bonchev–Trinajstić information content (AvgIpc) is 3.57. The number of nitrogens with one attached hydrogen (secondary N) is 1. The Morgan fingerprint density at radius 3 is 2.13 bits per heavy atom. The van der Waals surface area contributed by atoms with Crippen LogP contribution in [0.4, 0.5) is 5.69 Å². The van der Waals surface area contributed by atoms with E-state index in [1.54, 1.807) is 38.1 Å². The number of carbonyl (C=O) groups is 4. The number of nitrogens with zero attached hydrogens (tertiary/aromatic N) is 4. The summed E-state index contributed by atoms with van der Waals surface area (Å²) >= 11 is 0. The van der Waals surface area contributed by atoms with E-state index in [4.69, 9.17) is 15.2 Å². The van der Waals surface area contributed by atoms with Gasteiger partial charge in [0.25, 0.3) is 0 Å². The highest BCUT2D eigenvalue weighted by molar-refractivity contribution is 5.90. The Bertz CT molecular complexity index is 1300. The van der Waals surface area contributed by atoms with Crippen molar-refractivity contribution in [2.45, 2.75) is 117 Å². The molecular weight excluding hydrogens is 660 g/mol. The van der Waals surface area contributed by atoms with Crippen molar-refractivity contribution in [3.63, 3.8) is 0 Å². The SMILES string of the molecule is CCC(C)C(C(CC(=O)N1CCC[C@H]1C(OC)C(C)C(=O)N(C)CCc1cccc(N)c1)OC)N(C)C(=O)C(NC(=O)C(C(C)C)N(C)C)C(C)C. The average molecular weight is 731 g/mol. The number of ether oxygens (including phenoxy) is 2. The lowest BCUT2D eigenvalue weighted by molar-refractivity contribution is -0.149. The Labute approximate surface area is 314 Å². The minimum atomic E-state index is -0.744. The number of methoxy groups -OCH3 is 2. The van der Waals surface area contributed by atoms with E-state index in [1.807, 2.05) is 82.8 Å². The van der Waals surface area contributed by atoms with E-state index >= 15 is 0 Å². The van der Waals surface area contributed by atoms with Gasteiger partial charge in [-0.1, -0.05) is 67.0 Å². The summed E-state index contributed by atoms with van der Waals surface area (Å²) in [5.41, 5.74) is 7.69. The lowest BCUT2D eigenvalue weighted by Crippen LogP contribution is -2.59. The molecule has 0 bridgehead atoms. The Morgan fingerprint density at radius 1 is 0.962 bits per heavy atom. The smallest absolute Gasteiger partial charge is 0.245 e. The number of nitrogens with two attached hydrogens (primary N) is 1. The number of benzene rings is 1. The topological polar surface area (TPSA) is 138 Å². The first-order valence-electron chi connectivity index (χ1n) is 19.1. The number of anilines is 1. The highest BCUT2D eigenvalue weighted by Crippen LogP contribution is 2.30. The Morgan fingerprint density at radius 2 is 1.62 bits per heavy atom. The maximum absolute atomic E-state index is 14.2. The van der Waals surface area contributed by atoms with E-state index in [2.05, 4.69) is 19.2 Å². The van der Waals surface area contributed by atoms with Crippen molar-refractivity contribution in [1.82, 2.24) is 24.9 Å². The van der Waals surface area contributed by atoms with Gasteiger partial charge in [-0.25, -0.2) is 0 Å². The Kier molecular flexibility index (Phi) is 18.0. The molecule has 4 amide bonds. The fourth-order valence-corrected chi connectivity index (χ4v) is 7.91. The third-order valence-corrected chi connectivity index (χ3v) is 11.0. The molecule has 1 fully saturated rings. The number of likely N-dealkylation sites (N-methyl/N-ethyl adjacent to an activating group) is 3. The normalized spacial score (nSPS) is 18.8. The lowest BCUT2D eigenvalue weighted by atomic mass is 9.89. The van der Waals surface area contributed by atoms with Crippen LogP contribution in [0.1, 0.15) is 79.7 Å². The van der Waals surface area contributed by atoms with Gasteiger partial charge in [-0.2, -0.15) is 0 Å². The molecule has 12 heteroatoms. The molecule has 296 valence electrons. The van der Waals surface area contributed by atoms with Crippen LogP contribution in [-0.4, -0.2) is 135 Å². The molecule has 3 N–H and O–H groups in total. The molecular formula is C40H70N6O6. The highest BCUT2D eigenvalue weighted by Gasteiger charge is 2.43. The summed E-state index contributed by atoms with van der Waals surface area (Å²) < 4.78 is 12.0. The molecule has 1 saturated heterocycles. The van der Waals surface area contributed by atoms with E-state index < -0.39 is 30.2 Å². The number of carbonyl (C=O) groups excluding carboxylic acids is 4. The van der Waals surface area contributed by atoms with E-state index in [-0.39, 0.29) is 59.9 Å². The van der Waals surface area contributed by atoms with Crippen LogP contribution in [0.2, 0.25) is 0 Å². The molecule has 2 rings (SSSR count). The summed E-state index contributed by atoms with van der Waals surface area (Å²) in [6, 6.07) is 5.85. The second kappa shape index (κ2) is 20.9. The van der Waals surface area contributed by atoms with Gasteiger partial charge in [-0.05, 0) is 68.8 Å². The minimum absolute atomic E-state index is 0.00186. The van der Waals surface area contributed by atoms with Gasteiger partial charge in [-0.15, -0.1) is 0 Å². The first-order valence-corrected chi connectivity index (χ1v) is 19.1. The third-order valence-electron chi connectivity index (χ3n) is 11.0. The van der Waals surface area contributed by atoms with E-state index in [0.717, 1.165) is 24.8 Å². The molecule has 52 heavy (non-hydrogen) atoms. The molecule has 1 aromatic rings. The van der Waals surface area contributed by atoms with Crippen LogP contribution in [0.5, 0.6) is 0 Å². The predicted molar refractivity (Wildman–Crippen MR) is 207 cm³/mol. The van der Waals surface area contributed by atoms with Gasteiger partial charge >= 0.3 is 0 Å². The zero-order valence-corrected chi connectivity index (χ0v) is 34.3. The van der Waals surface area contributed by atoms with Crippen LogP contribution < -0.4 is 11.1 Å². The maximum atomic E-state index is 14.2. The number of nitrogen functional groups attached to an aromatic ring is 1. The van der Waals surface area contributed by atoms with Gasteiger partial charge < -0.3 is 35.2 Å². The summed E-state index contributed by atoms with van der Waals surface area (Å²) in [5, 5.41) is 3.05. The minimum Gasteiger partial charge on any atom is -0.399 e. The van der Waals surface area contributed by atoms with E-state index in [9.17, 15) is 19.2 Å². The van der Waals surface area contributed by atoms with E-state index in [1.165, 1.54) is 0 Å². The molecule has 12 nitrogen and oxygen atoms in total. The molecule has 0 aromatic heterocycles. The fourth-order valence-electron chi connectivity index (χ4n) is 7.91. The number of hydrogen-bond acceptors (Lipinski definition) is 8. The monoisotopic (exact) mass is 731 g/mol. The molecule has 0 radical (unpaired) electrons. The van der Waals surface area contributed by atoms with Crippen molar-refractivity contribution in [3.8, 4) is 0 Å². The Balaban J connectivity index is 2.24. The van der Waals surface area contributed by atoms with Crippen LogP contribution in [0.25, 0.3) is 0 Å². The van der Waals surface area contributed by atoms with Crippen molar-refractivity contribution < 1.29 is 28.7 Å². The second-order valence-corrected chi connectivity index (χ2v) is 15.7. The molecule has 1 heterocycles. The third kappa shape index (κ3) is 11.6. The van der Waals surface area contributed by atoms with Gasteiger partial charge in [-0.3, -0.25) is 24.1 Å². The van der Waals surface area contributed by atoms with Gasteiger partial charge in [0.1, 0.15) is 6.04 Å². The van der Waals surface area contributed by atoms with Crippen molar-refractivity contribution in [2.75, 3.05) is 61.2 Å². The summed E-state index contributed by atoms with van der Waals surface area (Å²) in [6.07, 6.45) is 1.94. The summed E-state index contributed by atoms with van der Waals surface area (Å²) in [6.45, 7) is 14.9. The highest BCUT2D eigenvalue weighted by atomic mass is 16.5. The van der Waals surface area contributed by atoms with Gasteiger partial charge in [0.2, 0.25) is 23.6 Å². The first-order chi connectivity index (χ1) is 24.4. The van der Waals surface area contributed by atoms with Gasteiger partial charge in [0.15, 0.2) is 0 Å². The summed E-state index contributed by atoms with van der Waals surface area (Å²) in [5.74, 6) is -1.12. The van der Waals surface area contributed by atoms with Crippen LogP contribution in [0, 0.1) is 23.7 Å². The first kappa shape index (κ1) is 44.9. The molecule has 8 atom stereocenters. The molecule has 1 aliphatic rings. The molecule has 7 unspecified atom stereocenters. The second-order valence-electron chi connectivity index (χ2n) is 15.7.